The van der Waals surface area contributed by atoms with Gasteiger partial charge in [0.1, 0.15) is 23.7 Å². The summed E-state index contributed by atoms with van der Waals surface area (Å²) in [4.78, 5) is 78.2. The van der Waals surface area contributed by atoms with Gasteiger partial charge in [-0.25, -0.2) is 0 Å². The minimum absolute atomic E-state index is 0.0110. The molecule has 5 aromatic rings. The molecule has 2 unspecified atom stereocenters. The predicted molar refractivity (Wildman–Crippen MR) is 250 cm³/mol. The van der Waals surface area contributed by atoms with Crippen LogP contribution in [0, 0.1) is 0 Å². The number of anilines is 4. The van der Waals surface area contributed by atoms with Gasteiger partial charge in [0, 0.05) is 23.1 Å². The summed E-state index contributed by atoms with van der Waals surface area (Å²) >= 11 is 42.9. The number of ketones is 2. The molecule has 0 saturated heterocycles. The van der Waals surface area contributed by atoms with Crippen LogP contribution in [0.3, 0.4) is 0 Å². The Kier molecular flexibility index (Phi) is 17.6. The fourth-order valence-corrected chi connectivity index (χ4v) is 6.52. The summed E-state index contributed by atoms with van der Waals surface area (Å²) in [5.41, 5.74) is 0.849. The third-order valence-electron chi connectivity index (χ3n) is 8.47. The molecule has 0 aliphatic carbocycles. The molecule has 0 aromatic heterocycles. The van der Waals surface area contributed by atoms with Crippen LogP contribution in [0.1, 0.15) is 34.6 Å². The lowest BCUT2D eigenvalue weighted by Crippen LogP contribution is -2.32. The highest BCUT2D eigenvalue weighted by atomic mass is 35.5. The van der Waals surface area contributed by atoms with Gasteiger partial charge in [0.15, 0.2) is 11.6 Å². The van der Waals surface area contributed by atoms with Gasteiger partial charge in [-0.3, -0.25) is 28.8 Å². The van der Waals surface area contributed by atoms with E-state index < -0.39 is 47.3 Å². The van der Waals surface area contributed by atoms with Gasteiger partial charge in [0.05, 0.1) is 52.8 Å². The monoisotopic (exact) mass is 1000 g/mol. The number of alkyl halides is 1. The van der Waals surface area contributed by atoms with Gasteiger partial charge in [0.25, 0.3) is 23.6 Å². The van der Waals surface area contributed by atoms with Crippen molar-refractivity contribution in [3.8, 4) is 5.75 Å². The van der Waals surface area contributed by atoms with E-state index in [9.17, 15) is 28.8 Å². The molecule has 0 heterocycles. The predicted octanol–water partition coefficient (Wildman–Crippen LogP) is 12.1. The molecule has 0 fully saturated rings. The van der Waals surface area contributed by atoms with Crippen LogP contribution >= 0.6 is 81.2 Å². The standard InChI is InChI=1S/C42H31Cl7N8O7/c1-20(58)37(56-54-32-7-3-5-25(35(32)48)39(60)50-22-9-12-27(44)29(46)17-22)41(62)52-24-11-14-31(34(19-24)64-16-15-43)53-42(63)38(21(2)59)57-55-33-8-4-6-26(36(33)49)40(61)51-23-10-13-28(45)30(47)18-23/h3-14,17-19,37-38H,15-16H2,1-2H3,(H,50,60)(H,51,61)(H,52,62)(H,53,63). The van der Waals surface area contributed by atoms with Crippen LogP contribution < -0.4 is 26.0 Å². The van der Waals surface area contributed by atoms with Crippen molar-refractivity contribution in [3.05, 3.63) is 132 Å². The molecule has 0 radical (unpaired) electrons. The SMILES string of the molecule is CC(=O)C(N=Nc1cccc(C(=O)Nc2ccc(Cl)c(Cl)c2)c1Cl)C(=O)Nc1ccc(NC(=O)C(N=Nc2cccc(C(=O)Nc3ccc(Cl)c(Cl)c3)c2Cl)C(C)=O)c(OCCCl)c1. The van der Waals surface area contributed by atoms with E-state index >= 15 is 0 Å². The molecule has 2 atom stereocenters. The van der Waals surface area contributed by atoms with Crippen molar-refractivity contribution in [2.75, 3.05) is 33.8 Å². The Hall–Kier alpha value is -5.65. The first-order chi connectivity index (χ1) is 30.5. The van der Waals surface area contributed by atoms with Crippen molar-refractivity contribution in [1.82, 2.24) is 0 Å². The number of amides is 4. The lowest BCUT2D eigenvalue weighted by Gasteiger charge is -2.16. The summed E-state index contributed by atoms with van der Waals surface area (Å²) in [6.45, 7) is 2.21. The van der Waals surface area contributed by atoms with Crippen molar-refractivity contribution in [1.29, 1.82) is 0 Å². The summed E-state index contributed by atoms with van der Waals surface area (Å²) in [6.07, 6.45) is 0. The maximum Gasteiger partial charge on any atom is 0.258 e. The summed E-state index contributed by atoms with van der Waals surface area (Å²) in [5.74, 6) is -4.35. The highest BCUT2D eigenvalue weighted by Crippen LogP contribution is 2.34. The minimum atomic E-state index is -1.68. The molecule has 0 aliphatic heterocycles. The summed E-state index contributed by atoms with van der Waals surface area (Å²) in [6, 6.07) is 18.4. The summed E-state index contributed by atoms with van der Waals surface area (Å²) in [7, 11) is 0. The molecule has 330 valence electrons. The number of nitrogens with one attached hydrogen (secondary N) is 4. The van der Waals surface area contributed by atoms with Crippen LogP contribution in [0.15, 0.2) is 111 Å². The van der Waals surface area contributed by atoms with E-state index in [0.29, 0.717) is 21.4 Å². The van der Waals surface area contributed by atoms with Crippen molar-refractivity contribution >= 4 is 151 Å². The fraction of sp³-hybridized carbons (Fsp3) is 0.143. The normalized spacial score (nSPS) is 12.1. The second kappa shape index (κ2) is 22.8. The second-order valence-corrected chi connectivity index (χ2v) is 15.9. The smallest absolute Gasteiger partial charge is 0.258 e. The van der Waals surface area contributed by atoms with Crippen molar-refractivity contribution in [2.24, 2.45) is 20.5 Å². The quantitative estimate of drug-likeness (QED) is 0.0402. The van der Waals surface area contributed by atoms with Crippen LogP contribution in [0.5, 0.6) is 5.75 Å². The Labute approximate surface area is 399 Å². The Bertz CT molecular complexity index is 2720. The first kappa shape index (κ1) is 49.4. The number of nitrogens with zero attached hydrogens (tertiary/aromatic N) is 4. The molecule has 5 rings (SSSR count). The molecule has 0 saturated carbocycles. The number of carbonyl (C=O) groups is 6. The molecule has 0 bridgehead atoms. The number of hydrogen-bond donors (Lipinski definition) is 4. The highest BCUT2D eigenvalue weighted by molar-refractivity contribution is 6.43. The molecule has 4 amide bonds. The van der Waals surface area contributed by atoms with E-state index in [1.807, 2.05) is 0 Å². The van der Waals surface area contributed by atoms with Gasteiger partial charge >= 0.3 is 0 Å². The molecule has 22 heteroatoms. The molecule has 5 aromatic carbocycles. The first-order valence-corrected chi connectivity index (χ1v) is 21.1. The number of rotatable bonds is 17. The second-order valence-electron chi connectivity index (χ2n) is 13.1. The Balaban J connectivity index is 1.29. The van der Waals surface area contributed by atoms with E-state index in [1.165, 1.54) is 78.9 Å². The lowest BCUT2D eigenvalue weighted by atomic mass is 10.1. The van der Waals surface area contributed by atoms with E-state index in [2.05, 4.69) is 41.7 Å². The molecule has 4 N–H and O–H groups in total. The molecule has 0 aliphatic rings. The molecular weight excluding hydrogens is 977 g/mol. The number of benzene rings is 5. The topological polar surface area (TPSA) is 209 Å². The van der Waals surface area contributed by atoms with Gasteiger partial charge in [-0.1, -0.05) is 81.7 Å². The van der Waals surface area contributed by atoms with Crippen molar-refractivity contribution in [3.63, 3.8) is 0 Å². The third kappa shape index (κ3) is 13.0. The van der Waals surface area contributed by atoms with E-state index in [4.69, 9.17) is 85.9 Å². The lowest BCUT2D eigenvalue weighted by molar-refractivity contribution is -0.127. The van der Waals surface area contributed by atoms with Gasteiger partial charge in [0.2, 0.25) is 12.1 Å². The number of halogens is 7. The third-order valence-corrected chi connectivity index (χ3v) is 10.9. The van der Waals surface area contributed by atoms with Crippen molar-refractivity contribution in [2.45, 2.75) is 25.9 Å². The zero-order chi connectivity index (χ0) is 46.7. The average molecular weight is 1010 g/mol. The van der Waals surface area contributed by atoms with Gasteiger partial charge in [-0.05, 0) is 86.6 Å². The number of Topliss-reactive ketones (excluding diaryl/α,β-unsaturated/α-hetero) is 2. The number of hydrogen-bond acceptors (Lipinski definition) is 11. The number of ether oxygens (including phenoxy) is 1. The fourth-order valence-electron chi connectivity index (χ4n) is 5.35. The van der Waals surface area contributed by atoms with Crippen LogP contribution in [0.25, 0.3) is 0 Å². The Morgan fingerprint density at radius 3 is 1.42 bits per heavy atom. The average Bonchev–Trinajstić information content (AvgIpc) is 3.24. The zero-order valence-corrected chi connectivity index (χ0v) is 38.3. The van der Waals surface area contributed by atoms with Gasteiger partial charge in [-0.2, -0.15) is 20.5 Å². The maximum absolute atomic E-state index is 13.5. The number of carbonyl (C=O) groups excluding carboxylic acids is 6. The maximum atomic E-state index is 13.5. The first-order valence-electron chi connectivity index (χ1n) is 18.3. The van der Waals surface area contributed by atoms with E-state index in [-0.39, 0.29) is 72.2 Å². The number of azo groups is 2. The van der Waals surface area contributed by atoms with Gasteiger partial charge < -0.3 is 26.0 Å². The van der Waals surface area contributed by atoms with Crippen LogP contribution in [0.2, 0.25) is 30.1 Å². The van der Waals surface area contributed by atoms with E-state index in [0.717, 1.165) is 13.8 Å². The zero-order valence-electron chi connectivity index (χ0n) is 33.0. The summed E-state index contributed by atoms with van der Waals surface area (Å²) < 4.78 is 5.72. The van der Waals surface area contributed by atoms with Crippen LogP contribution in [0.4, 0.5) is 34.1 Å². The molecule has 64 heavy (non-hydrogen) atoms. The molecule has 15 nitrogen and oxygen atoms in total. The van der Waals surface area contributed by atoms with Crippen LogP contribution in [-0.2, 0) is 19.2 Å². The Morgan fingerprint density at radius 2 is 0.984 bits per heavy atom. The molecular formula is C42H31Cl7N8O7. The van der Waals surface area contributed by atoms with Crippen molar-refractivity contribution < 1.29 is 33.5 Å². The van der Waals surface area contributed by atoms with Crippen LogP contribution in [-0.4, -0.2) is 59.8 Å². The van der Waals surface area contributed by atoms with Gasteiger partial charge in [-0.15, -0.1) is 11.6 Å². The highest BCUT2D eigenvalue weighted by Gasteiger charge is 2.27. The molecule has 0 spiro atoms. The summed E-state index contributed by atoms with van der Waals surface area (Å²) in [5, 5.41) is 27.1. The van der Waals surface area contributed by atoms with E-state index in [1.54, 1.807) is 12.1 Å². The minimum Gasteiger partial charge on any atom is -0.490 e. The largest absolute Gasteiger partial charge is 0.490 e. The Morgan fingerprint density at radius 1 is 0.547 bits per heavy atom.